The molecule has 0 bridgehead atoms. The fourth-order valence-electron chi connectivity index (χ4n) is 3.18. The van der Waals surface area contributed by atoms with Crippen LogP contribution >= 0.6 is 0 Å². The minimum Gasteiger partial charge on any atom is -0.319 e. The quantitative estimate of drug-likeness (QED) is 0.775. The lowest BCUT2D eigenvalue weighted by Crippen LogP contribution is -2.46. The van der Waals surface area contributed by atoms with Crippen LogP contribution in [0.15, 0.2) is 0 Å². The highest BCUT2D eigenvalue weighted by atomic mass is 15.1. The third-order valence-electron chi connectivity index (χ3n) is 4.01. The number of piperidine rings is 1. The van der Waals surface area contributed by atoms with Gasteiger partial charge < -0.3 is 10.2 Å². The van der Waals surface area contributed by atoms with Gasteiger partial charge in [0.05, 0.1) is 0 Å². The molecule has 0 saturated carbocycles. The van der Waals surface area contributed by atoms with Crippen LogP contribution in [0.3, 0.4) is 0 Å². The highest BCUT2D eigenvalue weighted by Crippen LogP contribution is 2.27. The standard InChI is InChI=1S/C14H30N2/c1-6-14(4,10-15-5)11-16-8-12(2)7-13(3)9-16/h12-13,15H,6-11H2,1-5H3. The molecule has 3 atom stereocenters. The maximum absolute atomic E-state index is 3.34. The Kier molecular flexibility index (Phi) is 5.26. The maximum Gasteiger partial charge on any atom is 0.00476 e. The third-order valence-corrected chi connectivity index (χ3v) is 4.01. The van der Waals surface area contributed by atoms with E-state index in [0.29, 0.717) is 5.41 Å². The molecule has 0 aromatic rings. The molecule has 0 radical (unpaired) electrons. The van der Waals surface area contributed by atoms with Gasteiger partial charge in [0, 0.05) is 26.2 Å². The van der Waals surface area contributed by atoms with E-state index in [1.807, 2.05) is 0 Å². The third kappa shape index (κ3) is 4.06. The summed E-state index contributed by atoms with van der Waals surface area (Å²) in [6.45, 7) is 14.5. The number of likely N-dealkylation sites (tertiary alicyclic amines) is 1. The van der Waals surface area contributed by atoms with E-state index >= 15 is 0 Å². The second kappa shape index (κ2) is 6.02. The number of hydrogen-bond donors (Lipinski definition) is 1. The molecule has 1 aliphatic rings. The monoisotopic (exact) mass is 226 g/mol. The highest BCUT2D eigenvalue weighted by Gasteiger charge is 2.28. The van der Waals surface area contributed by atoms with Crippen LogP contribution in [0.1, 0.15) is 40.5 Å². The van der Waals surface area contributed by atoms with Crippen LogP contribution in [0.4, 0.5) is 0 Å². The maximum atomic E-state index is 3.34. The summed E-state index contributed by atoms with van der Waals surface area (Å²) in [6.07, 6.45) is 2.67. The molecule has 0 aromatic heterocycles. The fourth-order valence-corrected chi connectivity index (χ4v) is 3.18. The minimum atomic E-state index is 0.436. The van der Waals surface area contributed by atoms with Crippen molar-refractivity contribution in [3.63, 3.8) is 0 Å². The van der Waals surface area contributed by atoms with Crippen molar-refractivity contribution in [2.75, 3.05) is 33.2 Å². The first kappa shape index (κ1) is 14.0. The van der Waals surface area contributed by atoms with Crippen LogP contribution < -0.4 is 5.32 Å². The Labute approximate surface area is 102 Å². The fraction of sp³-hybridized carbons (Fsp3) is 1.00. The molecule has 2 nitrogen and oxygen atoms in total. The average molecular weight is 226 g/mol. The number of rotatable bonds is 5. The summed E-state index contributed by atoms with van der Waals surface area (Å²) in [5.74, 6) is 1.75. The summed E-state index contributed by atoms with van der Waals surface area (Å²) in [5.41, 5.74) is 0.436. The molecule has 1 aliphatic heterocycles. The van der Waals surface area contributed by atoms with E-state index in [1.54, 1.807) is 0 Å². The first-order valence-electron chi connectivity index (χ1n) is 6.86. The SMILES string of the molecule is CCC(C)(CNC)CN1CC(C)CC(C)C1. The summed E-state index contributed by atoms with van der Waals surface area (Å²) < 4.78 is 0. The Hall–Kier alpha value is -0.0800. The second-order valence-electron chi connectivity index (χ2n) is 6.33. The van der Waals surface area contributed by atoms with Crippen molar-refractivity contribution in [2.24, 2.45) is 17.3 Å². The summed E-state index contributed by atoms with van der Waals surface area (Å²) >= 11 is 0. The Morgan fingerprint density at radius 3 is 2.25 bits per heavy atom. The van der Waals surface area contributed by atoms with Gasteiger partial charge in [-0.1, -0.05) is 27.7 Å². The molecule has 16 heavy (non-hydrogen) atoms. The molecule has 3 unspecified atom stereocenters. The van der Waals surface area contributed by atoms with Gasteiger partial charge in [-0.3, -0.25) is 0 Å². The lowest BCUT2D eigenvalue weighted by Gasteiger charge is -2.40. The lowest BCUT2D eigenvalue weighted by molar-refractivity contribution is 0.0876. The minimum absolute atomic E-state index is 0.436. The number of nitrogens with one attached hydrogen (secondary N) is 1. The lowest BCUT2D eigenvalue weighted by atomic mass is 9.84. The molecule has 96 valence electrons. The molecule has 1 heterocycles. The van der Waals surface area contributed by atoms with Crippen LogP contribution in [0.2, 0.25) is 0 Å². The summed E-state index contributed by atoms with van der Waals surface area (Å²) in [5, 5.41) is 3.34. The molecule has 1 N–H and O–H groups in total. The Morgan fingerprint density at radius 2 is 1.81 bits per heavy atom. The van der Waals surface area contributed by atoms with E-state index in [2.05, 4.69) is 45.0 Å². The van der Waals surface area contributed by atoms with Gasteiger partial charge in [-0.25, -0.2) is 0 Å². The Balaban J connectivity index is 2.50. The normalized spacial score (nSPS) is 31.3. The average Bonchev–Trinajstić information content (AvgIpc) is 2.16. The smallest absolute Gasteiger partial charge is 0.00476 e. The van der Waals surface area contributed by atoms with Crippen LogP contribution in [0.5, 0.6) is 0 Å². The molecule has 0 spiro atoms. The van der Waals surface area contributed by atoms with Crippen LogP contribution in [-0.4, -0.2) is 38.1 Å². The van der Waals surface area contributed by atoms with Crippen molar-refractivity contribution < 1.29 is 0 Å². The molecule has 0 aromatic carbocycles. The molecule has 1 fully saturated rings. The van der Waals surface area contributed by atoms with E-state index < -0.39 is 0 Å². The number of hydrogen-bond acceptors (Lipinski definition) is 2. The van der Waals surface area contributed by atoms with Crippen molar-refractivity contribution in [1.29, 1.82) is 0 Å². The van der Waals surface area contributed by atoms with Gasteiger partial charge in [-0.05, 0) is 37.1 Å². The van der Waals surface area contributed by atoms with Gasteiger partial charge in [-0.15, -0.1) is 0 Å². The summed E-state index contributed by atoms with van der Waals surface area (Å²) in [6, 6.07) is 0. The second-order valence-corrected chi connectivity index (χ2v) is 6.33. The zero-order chi connectivity index (χ0) is 12.2. The predicted molar refractivity (Wildman–Crippen MR) is 71.7 cm³/mol. The Morgan fingerprint density at radius 1 is 1.25 bits per heavy atom. The topological polar surface area (TPSA) is 15.3 Å². The van der Waals surface area contributed by atoms with Gasteiger partial charge in [0.1, 0.15) is 0 Å². The summed E-state index contributed by atoms with van der Waals surface area (Å²) in [7, 11) is 2.06. The van der Waals surface area contributed by atoms with Crippen molar-refractivity contribution in [3.8, 4) is 0 Å². The van der Waals surface area contributed by atoms with Crippen LogP contribution in [0, 0.1) is 17.3 Å². The van der Waals surface area contributed by atoms with E-state index in [1.165, 1.54) is 32.5 Å². The molecule has 0 aliphatic carbocycles. The molecule has 2 heteroatoms. The first-order valence-corrected chi connectivity index (χ1v) is 6.86. The van der Waals surface area contributed by atoms with E-state index in [-0.39, 0.29) is 0 Å². The Bertz CT molecular complexity index is 195. The van der Waals surface area contributed by atoms with E-state index in [4.69, 9.17) is 0 Å². The zero-order valence-corrected chi connectivity index (χ0v) is 11.8. The molecular formula is C14H30N2. The molecule has 1 saturated heterocycles. The van der Waals surface area contributed by atoms with Gasteiger partial charge >= 0.3 is 0 Å². The van der Waals surface area contributed by atoms with Gasteiger partial charge in [-0.2, -0.15) is 0 Å². The van der Waals surface area contributed by atoms with Crippen molar-refractivity contribution in [1.82, 2.24) is 10.2 Å². The summed E-state index contributed by atoms with van der Waals surface area (Å²) in [4.78, 5) is 2.68. The largest absolute Gasteiger partial charge is 0.319 e. The van der Waals surface area contributed by atoms with Crippen LogP contribution in [-0.2, 0) is 0 Å². The number of nitrogens with zero attached hydrogens (tertiary/aromatic N) is 1. The van der Waals surface area contributed by atoms with Crippen molar-refractivity contribution >= 4 is 0 Å². The van der Waals surface area contributed by atoms with E-state index in [9.17, 15) is 0 Å². The van der Waals surface area contributed by atoms with Gasteiger partial charge in [0.15, 0.2) is 0 Å². The van der Waals surface area contributed by atoms with Crippen molar-refractivity contribution in [3.05, 3.63) is 0 Å². The highest BCUT2D eigenvalue weighted by molar-refractivity contribution is 4.83. The zero-order valence-electron chi connectivity index (χ0n) is 11.8. The predicted octanol–water partition coefficient (Wildman–Crippen LogP) is 2.60. The van der Waals surface area contributed by atoms with E-state index in [0.717, 1.165) is 18.4 Å². The molecular weight excluding hydrogens is 196 g/mol. The van der Waals surface area contributed by atoms with Crippen LogP contribution in [0.25, 0.3) is 0 Å². The first-order chi connectivity index (χ1) is 7.49. The van der Waals surface area contributed by atoms with Gasteiger partial charge in [0.25, 0.3) is 0 Å². The molecule has 0 amide bonds. The van der Waals surface area contributed by atoms with Crippen molar-refractivity contribution in [2.45, 2.75) is 40.5 Å². The van der Waals surface area contributed by atoms with Gasteiger partial charge in [0.2, 0.25) is 0 Å². The molecule has 1 rings (SSSR count).